The summed E-state index contributed by atoms with van der Waals surface area (Å²) >= 11 is 0. The van der Waals surface area contributed by atoms with Crippen LogP contribution in [0, 0.1) is 5.92 Å². The molecule has 0 bridgehead atoms. The molecule has 20 heavy (non-hydrogen) atoms. The number of hydrogen-bond donors (Lipinski definition) is 1. The predicted molar refractivity (Wildman–Crippen MR) is 74.9 cm³/mol. The van der Waals surface area contributed by atoms with Crippen molar-refractivity contribution in [3.63, 3.8) is 0 Å². The predicted octanol–water partition coefficient (Wildman–Crippen LogP) is 3.22. The van der Waals surface area contributed by atoms with Crippen LogP contribution in [0.2, 0.25) is 0 Å². The molecule has 2 fully saturated rings. The fourth-order valence-corrected chi connectivity index (χ4v) is 3.38. The van der Waals surface area contributed by atoms with E-state index < -0.39 is 18.0 Å². The number of alkyl halides is 3. The normalized spacial score (nSPS) is 34.5. The highest BCUT2D eigenvalue weighted by Crippen LogP contribution is 2.39. The molecular formula is C15H27F3N2. The van der Waals surface area contributed by atoms with E-state index in [-0.39, 0.29) is 24.2 Å². The molecule has 2 aliphatic rings. The van der Waals surface area contributed by atoms with Gasteiger partial charge in [-0.15, -0.1) is 0 Å². The molecule has 118 valence electrons. The van der Waals surface area contributed by atoms with E-state index in [1.54, 1.807) is 0 Å². The number of rotatable bonds is 5. The fourth-order valence-electron chi connectivity index (χ4n) is 3.38. The van der Waals surface area contributed by atoms with Crippen LogP contribution in [0.15, 0.2) is 0 Å². The minimum atomic E-state index is -2.62. The lowest BCUT2D eigenvalue weighted by Crippen LogP contribution is -2.53. The Labute approximate surface area is 120 Å². The van der Waals surface area contributed by atoms with Gasteiger partial charge in [-0.2, -0.15) is 0 Å². The van der Waals surface area contributed by atoms with Crippen molar-refractivity contribution in [2.45, 2.75) is 76.7 Å². The summed E-state index contributed by atoms with van der Waals surface area (Å²) < 4.78 is 41.1. The molecule has 2 nitrogen and oxygen atoms in total. The van der Waals surface area contributed by atoms with Gasteiger partial charge in [0, 0.05) is 30.1 Å². The van der Waals surface area contributed by atoms with Crippen LogP contribution >= 0.6 is 0 Å². The van der Waals surface area contributed by atoms with Gasteiger partial charge in [0.15, 0.2) is 0 Å². The van der Waals surface area contributed by atoms with Crippen LogP contribution in [0.1, 0.15) is 47.0 Å². The van der Waals surface area contributed by atoms with Crippen molar-refractivity contribution >= 4 is 0 Å². The van der Waals surface area contributed by atoms with E-state index in [0.29, 0.717) is 25.8 Å². The zero-order chi connectivity index (χ0) is 15.1. The first-order chi connectivity index (χ1) is 9.09. The Bertz CT molecular complexity index is 338. The van der Waals surface area contributed by atoms with E-state index in [4.69, 9.17) is 0 Å². The Morgan fingerprint density at radius 2 is 1.90 bits per heavy atom. The van der Waals surface area contributed by atoms with Gasteiger partial charge in [0.2, 0.25) is 0 Å². The molecule has 1 heterocycles. The Hall–Kier alpha value is -0.290. The Balaban J connectivity index is 1.90. The van der Waals surface area contributed by atoms with Crippen molar-refractivity contribution in [3.8, 4) is 0 Å². The molecule has 1 N–H and O–H groups in total. The third-order valence-corrected chi connectivity index (χ3v) is 4.63. The average Bonchev–Trinajstić information content (AvgIpc) is 2.51. The molecule has 0 amide bonds. The molecule has 1 unspecified atom stereocenters. The summed E-state index contributed by atoms with van der Waals surface area (Å²) in [5, 5.41) is 3.34. The third-order valence-electron chi connectivity index (χ3n) is 4.63. The third kappa shape index (κ3) is 3.67. The summed E-state index contributed by atoms with van der Waals surface area (Å²) in [6, 6.07) is 0.303. The Morgan fingerprint density at radius 1 is 1.30 bits per heavy atom. The largest absolute Gasteiger partial charge is 0.309 e. The lowest BCUT2D eigenvalue weighted by molar-refractivity contribution is -0.0389. The SMILES string of the molecule is CC(C)N1CC(CC(C)(C)N[C@H]2C[C@H](F)C2)C(F)(F)C1. The zero-order valence-electron chi connectivity index (χ0n) is 12.9. The minimum Gasteiger partial charge on any atom is -0.309 e. The maximum Gasteiger partial charge on any atom is 0.264 e. The standard InChI is InChI=1S/C15H27F3N2/c1-10(2)20-8-11(15(17,18)9-20)7-14(3,4)19-13-5-12(16)6-13/h10-13,19H,5-9H2,1-4H3/t11?,12-,13-. The second kappa shape index (κ2) is 5.48. The second-order valence-electron chi connectivity index (χ2n) is 7.48. The van der Waals surface area contributed by atoms with Crippen LogP contribution in [0.25, 0.3) is 0 Å². The molecule has 5 heteroatoms. The van der Waals surface area contributed by atoms with E-state index in [2.05, 4.69) is 5.32 Å². The van der Waals surface area contributed by atoms with Crippen molar-refractivity contribution < 1.29 is 13.2 Å². The Morgan fingerprint density at radius 3 is 2.35 bits per heavy atom. The van der Waals surface area contributed by atoms with Gasteiger partial charge in [-0.1, -0.05) is 0 Å². The molecule has 0 radical (unpaired) electrons. The van der Waals surface area contributed by atoms with Crippen LogP contribution in [0.4, 0.5) is 13.2 Å². The average molecular weight is 292 g/mol. The molecule has 0 spiro atoms. The first-order valence-corrected chi connectivity index (χ1v) is 7.63. The summed E-state index contributed by atoms with van der Waals surface area (Å²) in [5.41, 5.74) is -0.369. The number of halogens is 3. The van der Waals surface area contributed by atoms with Crippen molar-refractivity contribution in [2.24, 2.45) is 5.92 Å². The van der Waals surface area contributed by atoms with E-state index in [0.717, 1.165) is 0 Å². The quantitative estimate of drug-likeness (QED) is 0.837. The summed E-state index contributed by atoms with van der Waals surface area (Å²) in [6.45, 7) is 8.13. The topological polar surface area (TPSA) is 15.3 Å². The summed E-state index contributed by atoms with van der Waals surface area (Å²) in [5.74, 6) is -3.24. The first kappa shape index (κ1) is 16.1. The first-order valence-electron chi connectivity index (χ1n) is 7.63. The van der Waals surface area contributed by atoms with E-state index in [1.807, 2.05) is 32.6 Å². The smallest absolute Gasteiger partial charge is 0.264 e. The highest BCUT2D eigenvalue weighted by Gasteiger charge is 2.50. The molecule has 1 saturated carbocycles. The van der Waals surface area contributed by atoms with Gasteiger partial charge in [0.05, 0.1) is 6.54 Å². The molecule has 0 aromatic rings. The van der Waals surface area contributed by atoms with Crippen molar-refractivity contribution in [1.29, 1.82) is 0 Å². The van der Waals surface area contributed by atoms with E-state index in [1.165, 1.54) is 0 Å². The van der Waals surface area contributed by atoms with Crippen molar-refractivity contribution in [3.05, 3.63) is 0 Å². The Kier molecular flexibility index (Phi) is 4.41. The zero-order valence-corrected chi connectivity index (χ0v) is 12.9. The summed E-state index contributed by atoms with van der Waals surface area (Å²) in [6.07, 6.45) is 0.745. The van der Waals surface area contributed by atoms with Crippen LogP contribution in [0.5, 0.6) is 0 Å². The molecule has 0 aromatic carbocycles. The molecule has 1 aliphatic carbocycles. The molecule has 1 atom stereocenters. The number of nitrogens with zero attached hydrogens (tertiary/aromatic N) is 1. The molecule has 1 aliphatic heterocycles. The minimum absolute atomic E-state index is 0.138. The van der Waals surface area contributed by atoms with Gasteiger partial charge >= 0.3 is 0 Å². The molecule has 2 rings (SSSR count). The lowest BCUT2D eigenvalue weighted by atomic mass is 9.83. The molecule has 0 aromatic heterocycles. The van der Waals surface area contributed by atoms with Crippen molar-refractivity contribution in [1.82, 2.24) is 10.2 Å². The van der Waals surface area contributed by atoms with Gasteiger partial charge in [0.1, 0.15) is 6.17 Å². The van der Waals surface area contributed by atoms with Crippen molar-refractivity contribution in [2.75, 3.05) is 13.1 Å². The number of likely N-dealkylation sites (tertiary alicyclic amines) is 1. The number of nitrogens with one attached hydrogen (secondary N) is 1. The second-order valence-corrected chi connectivity index (χ2v) is 7.48. The van der Waals surface area contributed by atoms with Crippen LogP contribution in [0.3, 0.4) is 0 Å². The summed E-state index contributed by atoms with van der Waals surface area (Å²) in [4.78, 5) is 1.85. The van der Waals surface area contributed by atoms with Crippen LogP contribution in [-0.2, 0) is 0 Å². The van der Waals surface area contributed by atoms with E-state index in [9.17, 15) is 13.2 Å². The van der Waals surface area contributed by atoms with Gasteiger partial charge in [0.25, 0.3) is 5.92 Å². The maximum atomic E-state index is 14.1. The van der Waals surface area contributed by atoms with E-state index >= 15 is 0 Å². The highest BCUT2D eigenvalue weighted by molar-refractivity contribution is 4.98. The maximum absolute atomic E-state index is 14.1. The van der Waals surface area contributed by atoms with Gasteiger partial charge in [-0.3, -0.25) is 4.90 Å². The highest BCUT2D eigenvalue weighted by atomic mass is 19.3. The lowest BCUT2D eigenvalue weighted by Gasteiger charge is -2.40. The van der Waals surface area contributed by atoms with Crippen LogP contribution < -0.4 is 5.32 Å². The molecule has 1 saturated heterocycles. The van der Waals surface area contributed by atoms with Gasteiger partial charge < -0.3 is 5.32 Å². The monoisotopic (exact) mass is 292 g/mol. The molecular weight excluding hydrogens is 265 g/mol. The van der Waals surface area contributed by atoms with Crippen LogP contribution in [-0.4, -0.2) is 47.7 Å². The summed E-state index contributed by atoms with van der Waals surface area (Å²) in [7, 11) is 0. The van der Waals surface area contributed by atoms with Gasteiger partial charge in [-0.25, -0.2) is 13.2 Å². The fraction of sp³-hybridized carbons (Fsp3) is 1.00. The van der Waals surface area contributed by atoms with Gasteiger partial charge in [-0.05, 0) is 47.0 Å². The number of hydrogen-bond acceptors (Lipinski definition) is 2.